The third-order valence-electron chi connectivity index (χ3n) is 5.79. The Hall–Kier alpha value is -0.0400. The van der Waals surface area contributed by atoms with Crippen molar-refractivity contribution in [3.63, 3.8) is 0 Å². The van der Waals surface area contributed by atoms with Crippen molar-refractivity contribution in [3.8, 4) is 0 Å². The molecule has 0 atom stereocenters. The SMILES string of the molecule is CC.CC(C)C(C)(C)C.CCCCCCCCCCCCCCCCCCN. The largest absolute Gasteiger partial charge is 0.330 e. The molecule has 0 aromatic heterocycles. The fourth-order valence-electron chi connectivity index (χ4n) is 2.69. The lowest BCUT2D eigenvalue weighted by Gasteiger charge is -2.22. The van der Waals surface area contributed by atoms with E-state index in [9.17, 15) is 0 Å². The first-order valence-electron chi connectivity index (χ1n) is 13.1. The highest BCUT2D eigenvalue weighted by Crippen LogP contribution is 2.23. The first-order chi connectivity index (χ1) is 13.4. The van der Waals surface area contributed by atoms with Crippen molar-refractivity contribution in [1.29, 1.82) is 0 Å². The van der Waals surface area contributed by atoms with E-state index in [4.69, 9.17) is 5.73 Å². The lowest BCUT2D eigenvalue weighted by Crippen LogP contribution is -2.12. The molecule has 0 aromatic carbocycles. The molecule has 1 heteroatoms. The van der Waals surface area contributed by atoms with Gasteiger partial charge in [0.15, 0.2) is 0 Å². The van der Waals surface area contributed by atoms with E-state index in [1.165, 1.54) is 103 Å². The molecule has 28 heavy (non-hydrogen) atoms. The molecule has 0 rings (SSSR count). The smallest absolute Gasteiger partial charge is 0.00773 e. The van der Waals surface area contributed by atoms with Crippen LogP contribution in [0.5, 0.6) is 0 Å². The summed E-state index contributed by atoms with van der Waals surface area (Å²) in [7, 11) is 0. The summed E-state index contributed by atoms with van der Waals surface area (Å²) >= 11 is 0. The second-order valence-electron chi connectivity index (χ2n) is 9.61. The maximum Gasteiger partial charge on any atom is -0.00773 e. The monoisotopic (exact) mass is 399 g/mol. The van der Waals surface area contributed by atoms with E-state index in [2.05, 4.69) is 41.5 Å². The lowest BCUT2D eigenvalue weighted by molar-refractivity contribution is 0.283. The Kier molecular flexibility index (Phi) is 31.4. The molecule has 174 valence electrons. The highest BCUT2D eigenvalue weighted by atomic mass is 14.5. The van der Waals surface area contributed by atoms with E-state index < -0.39 is 0 Å². The van der Waals surface area contributed by atoms with Crippen LogP contribution >= 0.6 is 0 Å². The molecular formula is C27H61N. The van der Waals surface area contributed by atoms with Gasteiger partial charge in [0, 0.05) is 0 Å². The van der Waals surface area contributed by atoms with Gasteiger partial charge < -0.3 is 5.73 Å². The maximum absolute atomic E-state index is 5.48. The summed E-state index contributed by atoms with van der Waals surface area (Å²) in [5.41, 5.74) is 5.98. The number of nitrogens with two attached hydrogens (primary N) is 1. The third-order valence-corrected chi connectivity index (χ3v) is 5.79. The minimum Gasteiger partial charge on any atom is -0.330 e. The standard InChI is InChI=1S/C18H39N.C7H16.C2H6/c1-2-3-4-5-6-7-8-9-10-11-12-13-14-15-16-17-18-19;1-6(2)7(3,4)5;1-2/h2-19H2,1H3;6H,1-5H3;1-2H3. The molecule has 0 saturated heterocycles. The van der Waals surface area contributed by atoms with Gasteiger partial charge >= 0.3 is 0 Å². The minimum absolute atomic E-state index is 0.500. The van der Waals surface area contributed by atoms with E-state index >= 15 is 0 Å². The molecule has 0 aliphatic carbocycles. The van der Waals surface area contributed by atoms with Crippen molar-refractivity contribution in [2.75, 3.05) is 6.54 Å². The first kappa shape index (κ1) is 32.6. The molecule has 1 nitrogen and oxygen atoms in total. The van der Waals surface area contributed by atoms with E-state index in [0.717, 1.165) is 12.5 Å². The van der Waals surface area contributed by atoms with Gasteiger partial charge in [-0.15, -0.1) is 0 Å². The lowest BCUT2D eigenvalue weighted by atomic mass is 9.84. The van der Waals surface area contributed by atoms with E-state index in [1.54, 1.807) is 0 Å². The Morgan fingerprint density at radius 3 is 0.929 bits per heavy atom. The van der Waals surface area contributed by atoms with Crippen molar-refractivity contribution in [2.24, 2.45) is 17.1 Å². The van der Waals surface area contributed by atoms with Crippen molar-refractivity contribution in [2.45, 2.75) is 158 Å². The Labute approximate surface area is 182 Å². The zero-order chi connectivity index (χ0) is 22.1. The molecule has 0 radical (unpaired) electrons. The van der Waals surface area contributed by atoms with Crippen molar-refractivity contribution < 1.29 is 0 Å². The van der Waals surface area contributed by atoms with Gasteiger partial charge in [-0.25, -0.2) is 0 Å². The predicted octanol–water partition coefficient (Wildman–Crippen LogP) is 9.92. The van der Waals surface area contributed by atoms with Gasteiger partial charge in [0.2, 0.25) is 0 Å². The van der Waals surface area contributed by atoms with Crippen LogP contribution in [0.1, 0.15) is 158 Å². The normalized spacial score (nSPS) is 10.9. The number of hydrogen-bond donors (Lipinski definition) is 1. The zero-order valence-corrected chi connectivity index (χ0v) is 21.7. The van der Waals surface area contributed by atoms with Gasteiger partial charge in [0.1, 0.15) is 0 Å². The summed E-state index contributed by atoms with van der Waals surface area (Å²) in [5.74, 6) is 0.799. The quantitative estimate of drug-likeness (QED) is 0.257. The fraction of sp³-hybridized carbons (Fsp3) is 1.00. The van der Waals surface area contributed by atoms with Crippen molar-refractivity contribution in [3.05, 3.63) is 0 Å². The summed E-state index contributed by atoms with van der Waals surface area (Å²) < 4.78 is 0. The molecule has 0 unspecified atom stereocenters. The maximum atomic E-state index is 5.48. The Morgan fingerprint density at radius 1 is 0.536 bits per heavy atom. The summed E-state index contributed by atoms with van der Waals surface area (Å²) in [4.78, 5) is 0. The van der Waals surface area contributed by atoms with Crippen LogP contribution in [0, 0.1) is 11.3 Å². The van der Waals surface area contributed by atoms with Crippen LogP contribution in [0.4, 0.5) is 0 Å². The van der Waals surface area contributed by atoms with Gasteiger partial charge in [-0.05, 0) is 24.3 Å². The molecule has 0 aliphatic rings. The van der Waals surface area contributed by atoms with Crippen LogP contribution in [-0.4, -0.2) is 6.54 Å². The van der Waals surface area contributed by atoms with Crippen LogP contribution in [0.25, 0.3) is 0 Å². The Balaban J connectivity index is -0.000000581. The van der Waals surface area contributed by atoms with Crippen molar-refractivity contribution >= 4 is 0 Å². The summed E-state index contributed by atoms with van der Waals surface area (Å²) in [5, 5.41) is 0. The van der Waals surface area contributed by atoms with Gasteiger partial charge in [-0.2, -0.15) is 0 Å². The second kappa shape index (κ2) is 27.0. The molecule has 0 aliphatic heterocycles. The second-order valence-corrected chi connectivity index (χ2v) is 9.61. The molecule has 0 fully saturated rings. The topological polar surface area (TPSA) is 26.0 Å². The number of hydrogen-bond acceptors (Lipinski definition) is 1. The summed E-state index contributed by atoms with van der Waals surface area (Å²) in [6.07, 6.45) is 22.9. The molecule has 2 N–H and O–H groups in total. The van der Waals surface area contributed by atoms with Crippen LogP contribution in [0.3, 0.4) is 0 Å². The van der Waals surface area contributed by atoms with E-state index in [-0.39, 0.29) is 0 Å². The van der Waals surface area contributed by atoms with Crippen molar-refractivity contribution in [1.82, 2.24) is 0 Å². The minimum atomic E-state index is 0.500. The van der Waals surface area contributed by atoms with Gasteiger partial charge in [-0.1, -0.05) is 152 Å². The van der Waals surface area contributed by atoms with E-state index in [0.29, 0.717) is 5.41 Å². The van der Waals surface area contributed by atoms with Crippen LogP contribution in [0.2, 0.25) is 0 Å². The fourth-order valence-corrected chi connectivity index (χ4v) is 2.69. The van der Waals surface area contributed by atoms with Gasteiger partial charge in [0.05, 0.1) is 0 Å². The molecule has 0 amide bonds. The average Bonchev–Trinajstić information content (AvgIpc) is 2.66. The zero-order valence-electron chi connectivity index (χ0n) is 21.7. The molecule has 0 aromatic rings. The van der Waals surface area contributed by atoms with Crippen LogP contribution in [-0.2, 0) is 0 Å². The summed E-state index contributed by atoms with van der Waals surface area (Å²) in [6, 6.07) is 0. The Bertz CT molecular complexity index is 223. The number of rotatable bonds is 16. The molecule has 0 spiro atoms. The first-order valence-corrected chi connectivity index (χ1v) is 13.1. The molecular weight excluding hydrogens is 338 g/mol. The van der Waals surface area contributed by atoms with Gasteiger partial charge in [0.25, 0.3) is 0 Å². The van der Waals surface area contributed by atoms with Crippen LogP contribution < -0.4 is 5.73 Å². The molecule has 0 bridgehead atoms. The highest BCUT2D eigenvalue weighted by molar-refractivity contribution is 4.64. The summed E-state index contributed by atoms with van der Waals surface area (Å²) in [6.45, 7) is 18.4. The number of unbranched alkanes of at least 4 members (excludes halogenated alkanes) is 15. The molecule has 0 saturated carbocycles. The predicted molar refractivity (Wildman–Crippen MR) is 134 cm³/mol. The third kappa shape index (κ3) is 33.5. The van der Waals surface area contributed by atoms with Crippen LogP contribution in [0.15, 0.2) is 0 Å². The van der Waals surface area contributed by atoms with Gasteiger partial charge in [-0.3, -0.25) is 0 Å². The molecule has 0 heterocycles. The van der Waals surface area contributed by atoms with E-state index in [1.807, 2.05) is 13.8 Å². The highest BCUT2D eigenvalue weighted by Gasteiger charge is 2.13. The Morgan fingerprint density at radius 2 is 0.750 bits per heavy atom. The average molecular weight is 400 g/mol.